The van der Waals surface area contributed by atoms with Crippen molar-refractivity contribution in [2.75, 3.05) is 5.73 Å². The van der Waals surface area contributed by atoms with E-state index in [1.165, 1.54) is 11.3 Å². The van der Waals surface area contributed by atoms with Gasteiger partial charge < -0.3 is 5.73 Å². The summed E-state index contributed by atoms with van der Waals surface area (Å²) in [6, 6.07) is 5.87. The summed E-state index contributed by atoms with van der Waals surface area (Å²) < 4.78 is 0.774. The molecule has 0 aliphatic rings. The number of anilines is 1. The Morgan fingerprint density at radius 1 is 1.46 bits per heavy atom. The number of hydrogen-bond donors (Lipinski definition) is 1. The van der Waals surface area contributed by atoms with Crippen molar-refractivity contribution in [1.29, 1.82) is 0 Å². The van der Waals surface area contributed by atoms with Crippen molar-refractivity contribution in [3.8, 4) is 10.6 Å². The van der Waals surface area contributed by atoms with Crippen LogP contribution in [0.15, 0.2) is 23.6 Å². The summed E-state index contributed by atoms with van der Waals surface area (Å²) in [7, 11) is 0. The number of hydrogen-bond acceptors (Lipinski definition) is 5. The lowest BCUT2D eigenvalue weighted by Gasteiger charge is -1.96. The van der Waals surface area contributed by atoms with Crippen molar-refractivity contribution in [3.63, 3.8) is 0 Å². The molecule has 0 saturated heterocycles. The van der Waals surface area contributed by atoms with E-state index in [4.69, 9.17) is 18.0 Å². The molecule has 2 nitrogen and oxygen atoms in total. The van der Waals surface area contributed by atoms with E-state index in [0.717, 1.165) is 14.4 Å². The minimum atomic E-state index is 0.524. The van der Waals surface area contributed by atoms with E-state index in [1.54, 1.807) is 11.3 Å². The lowest BCUT2D eigenvalue weighted by atomic mass is 10.3. The third kappa shape index (κ3) is 1.93. The number of rotatable bonds is 1. The van der Waals surface area contributed by atoms with Gasteiger partial charge in [0.1, 0.15) is 0 Å². The molecule has 2 aromatic rings. The first-order valence-electron chi connectivity index (χ1n) is 3.57. The Bertz CT molecular complexity index is 458. The number of nitrogen functional groups attached to an aromatic ring is 1. The Morgan fingerprint density at radius 2 is 2.31 bits per heavy atom. The summed E-state index contributed by atoms with van der Waals surface area (Å²) in [6.45, 7) is 0. The smallest absolute Gasteiger partial charge is 0.181 e. The van der Waals surface area contributed by atoms with Gasteiger partial charge in [0.15, 0.2) is 5.13 Å². The summed E-state index contributed by atoms with van der Waals surface area (Å²) in [5.41, 5.74) is 6.48. The quantitative estimate of drug-likeness (QED) is 0.759. The second-order valence-electron chi connectivity index (χ2n) is 2.38. The molecule has 0 unspecified atom stereocenters. The molecule has 5 heteroatoms. The highest BCUT2D eigenvalue weighted by Crippen LogP contribution is 2.25. The van der Waals surface area contributed by atoms with Crippen molar-refractivity contribution in [3.05, 3.63) is 27.4 Å². The number of nitrogens with two attached hydrogens (primary N) is 1. The van der Waals surface area contributed by atoms with Crippen LogP contribution in [0.3, 0.4) is 0 Å². The SMILES string of the molecule is Nc1nc(-c2cccs2)cc(=S)s1. The van der Waals surface area contributed by atoms with E-state index in [9.17, 15) is 0 Å². The van der Waals surface area contributed by atoms with Gasteiger partial charge in [0.2, 0.25) is 0 Å². The van der Waals surface area contributed by atoms with E-state index in [1.807, 2.05) is 23.6 Å². The third-order valence-corrected chi connectivity index (χ3v) is 3.34. The van der Waals surface area contributed by atoms with Gasteiger partial charge in [-0.2, -0.15) is 0 Å². The molecule has 0 spiro atoms. The Hall–Kier alpha value is -0.780. The first-order chi connectivity index (χ1) is 6.25. The minimum Gasteiger partial charge on any atom is -0.375 e. The highest BCUT2D eigenvalue weighted by Gasteiger charge is 2.01. The average molecular weight is 226 g/mol. The average Bonchev–Trinajstić information content (AvgIpc) is 2.53. The van der Waals surface area contributed by atoms with Gasteiger partial charge in [-0.25, -0.2) is 4.98 Å². The van der Waals surface area contributed by atoms with Gasteiger partial charge >= 0.3 is 0 Å². The second kappa shape index (κ2) is 3.53. The molecule has 0 aliphatic carbocycles. The van der Waals surface area contributed by atoms with Crippen LogP contribution in [0, 0.1) is 3.82 Å². The lowest BCUT2D eigenvalue weighted by Crippen LogP contribution is -1.88. The Balaban J connectivity index is 2.59. The van der Waals surface area contributed by atoms with Crippen LogP contribution in [0.25, 0.3) is 10.6 Å². The molecule has 2 N–H and O–H groups in total. The molecule has 2 rings (SSSR count). The molecule has 0 atom stereocenters. The molecular weight excluding hydrogens is 220 g/mol. The van der Waals surface area contributed by atoms with Crippen LogP contribution in [0.4, 0.5) is 5.13 Å². The van der Waals surface area contributed by atoms with Crippen LogP contribution in [0.1, 0.15) is 0 Å². The highest BCUT2D eigenvalue weighted by molar-refractivity contribution is 7.73. The van der Waals surface area contributed by atoms with Crippen molar-refractivity contribution < 1.29 is 0 Å². The third-order valence-electron chi connectivity index (χ3n) is 1.46. The molecule has 0 bridgehead atoms. The van der Waals surface area contributed by atoms with Gasteiger partial charge in [-0.3, -0.25) is 0 Å². The summed E-state index contributed by atoms with van der Waals surface area (Å²) in [5.74, 6) is 0. The molecule has 0 radical (unpaired) electrons. The molecule has 66 valence electrons. The number of thiophene rings is 1. The zero-order valence-electron chi connectivity index (χ0n) is 6.56. The minimum absolute atomic E-state index is 0.524. The van der Waals surface area contributed by atoms with Crippen LogP contribution >= 0.6 is 34.9 Å². The topological polar surface area (TPSA) is 38.9 Å². The fraction of sp³-hybridized carbons (Fsp3) is 0. The maximum atomic E-state index is 5.61. The molecule has 13 heavy (non-hydrogen) atoms. The highest BCUT2D eigenvalue weighted by atomic mass is 32.1. The first kappa shape index (κ1) is 8.80. The zero-order chi connectivity index (χ0) is 9.26. The predicted molar refractivity (Wildman–Crippen MR) is 60.7 cm³/mol. The summed E-state index contributed by atoms with van der Waals surface area (Å²) in [4.78, 5) is 5.32. The molecule has 0 fully saturated rings. The Morgan fingerprint density at radius 3 is 2.92 bits per heavy atom. The van der Waals surface area contributed by atoms with Crippen molar-refractivity contribution in [2.24, 2.45) is 0 Å². The lowest BCUT2D eigenvalue weighted by molar-refractivity contribution is 1.40. The van der Waals surface area contributed by atoms with Gasteiger partial charge in [0, 0.05) is 0 Å². The summed E-state index contributed by atoms with van der Waals surface area (Å²) >= 11 is 8.03. The largest absolute Gasteiger partial charge is 0.375 e. The van der Waals surface area contributed by atoms with Crippen LogP contribution < -0.4 is 5.73 Å². The summed E-state index contributed by atoms with van der Waals surface area (Å²) in [6.07, 6.45) is 0. The van der Waals surface area contributed by atoms with Gasteiger partial charge in [-0.15, -0.1) is 11.3 Å². The number of aromatic nitrogens is 1. The molecule has 0 aromatic carbocycles. The van der Waals surface area contributed by atoms with Crippen LogP contribution in [0.2, 0.25) is 0 Å². The molecule has 0 saturated carbocycles. The maximum Gasteiger partial charge on any atom is 0.181 e. The van der Waals surface area contributed by atoms with Crippen molar-refractivity contribution >= 4 is 40.0 Å². The van der Waals surface area contributed by atoms with Gasteiger partial charge in [-0.1, -0.05) is 29.6 Å². The van der Waals surface area contributed by atoms with Gasteiger partial charge in [0.25, 0.3) is 0 Å². The second-order valence-corrected chi connectivity index (χ2v) is 5.09. The molecular formula is C8H6N2S3. The number of nitrogens with zero attached hydrogens (tertiary/aromatic N) is 1. The fourth-order valence-corrected chi connectivity index (χ4v) is 2.54. The summed E-state index contributed by atoms with van der Waals surface area (Å²) in [5, 5.41) is 2.53. The van der Waals surface area contributed by atoms with E-state index >= 15 is 0 Å². The zero-order valence-corrected chi connectivity index (χ0v) is 9.01. The molecule has 2 aromatic heterocycles. The monoisotopic (exact) mass is 226 g/mol. The maximum absolute atomic E-state index is 5.61. The molecule has 0 amide bonds. The van der Waals surface area contributed by atoms with Gasteiger partial charge in [0.05, 0.1) is 14.4 Å². The van der Waals surface area contributed by atoms with E-state index in [2.05, 4.69) is 4.98 Å². The Labute approximate surface area is 88.7 Å². The molecule has 2 heterocycles. The van der Waals surface area contributed by atoms with Crippen LogP contribution in [0.5, 0.6) is 0 Å². The standard InChI is InChI=1S/C8H6N2S3/c9-8-10-5(4-7(11)13-8)6-2-1-3-12-6/h1-4H,(H2,9,10). The van der Waals surface area contributed by atoms with Crippen LogP contribution in [-0.4, -0.2) is 4.98 Å². The van der Waals surface area contributed by atoms with Crippen molar-refractivity contribution in [1.82, 2.24) is 4.98 Å². The predicted octanol–water partition coefficient (Wildman–Crippen LogP) is 3.18. The normalized spacial score (nSPS) is 10.2. The first-order valence-corrected chi connectivity index (χ1v) is 5.68. The van der Waals surface area contributed by atoms with Gasteiger partial charge in [-0.05, 0) is 17.5 Å². The van der Waals surface area contributed by atoms with Crippen LogP contribution in [-0.2, 0) is 0 Å². The Kier molecular flexibility index (Phi) is 2.39. The van der Waals surface area contributed by atoms with E-state index in [-0.39, 0.29) is 0 Å². The van der Waals surface area contributed by atoms with Crippen molar-refractivity contribution in [2.45, 2.75) is 0 Å². The van der Waals surface area contributed by atoms with E-state index < -0.39 is 0 Å². The van der Waals surface area contributed by atoms with E-state index in [0.29, 0.717) is 5.13 Å². The molecule has 0 aliphatic heterocycles. The fourth-order valence-electron chi connectivity index (χ4n) is 0.969.